The zero-order chi connectivity index (χ0) is 19.3. The van der Waals surface area contributed by atoms with Gasteiger partial charge in [-0.05, 0) is 43.4 Å². The topological polar surface area (TPSA) is 88.3 Å². The van der Waals surface area contributed by atoms with Gasteiger partial charge in [0.15, 0.2) is 0 Å². The minimum absolute atomic E-state index is 0.452. The SMILES string of the molecule is CN/C(=C\N)c1ccc2ncnc(NC3CCC(N4CCOCC4)CC3)c2c1. The Hall–Kier alpha value is -2.38. The molecule has 28 heavy (non-hydrogen) atoms. The van der Waals surface area contributed by atoms with E-state index in [1.807, 2.05) is 19.2 Å². The molecule has 7 nitrogen and oxygen atoms in total. The Morgan fingerprint density at radius 1 is 1.18 bits per heavy atom. The number of hydrogen-bond acceptors (Lipinski definition) is 7. The average Bonchev–Trinajstić information content (AvgIpc) is 2.76. The van der Waals surface area contributed by atoms with Gasteiger partial charge in [-0.1, -0.05) is 6.07 Å². The maximum Gasteiger partial charge on any atom is 0.137 e. The lowest BCUT2D eigenvalue weighted by atomic mass is 9.90. The first-order valence-corrected chi connectivity index (χ1v) is 10.2. The van der Waals surface area contributed by atoms with Gasteiger partial charge < -0.3 is 21.1 Å². The van der Waals surface area contributed by atoms with E-state index in [4.69, 9.17) is 10.5 Å². The van der Waals surface area contributed by atoms with Crippen molar-refractivity contribution in [1.82, 2.24) is 20.2 Å². The summed E-state index contributed by atoms with van der Waals surface area (Å²) < 4.78 is 5.49. The molecule has 1 aliphatic heterocycles. The summed E-state index contributed by atoms with van der Waals surface area (Å²) in [5.41, 5.74) is 8.60. The zero-order valence-electron chi connectivity index (χ0n) is 16.5. The highest BCUT2D eigenvalue weighted by molar-refractivity contribution is 5.91. The van der Waals surface area contributed by atoms with E-state index in [0.29, 0.717) is 12.1 Å². The minimum Gasteiger partial charge on any atom is -0.403 e. The number of anilines is 1. The van der Waals surface area contributed by atoms with Crippen molar-refractivity contribution in [2.45, 2.75) is 37.8 Å². The van der Waals surface area contributed by atoms with Crippen LogP contribution in [0.5, 0.6) is 0 Å². The first kappa shape index (κ1) is 19.0. The highest BCUT2D eigenvalue weighted by Crippen LogP contribution is 2.29. The van der Waals surface area contributed by atoms with Crippen LogP contribution in [0, 0.1) is 0 Å². The van der Waals surface area contributed by atoms with E-state index in [-0.39, 0.29) is 0 Å². The molecule has 0 spiro atoms. The number of morpholine rings is 1. The third kappa shape index (κ3) is 4.05. The summed E-state index contributed by atoms with van der Waals surface area (Å²) in [4.78, 5) is 11.6. The molecule has 1 saturated carbocycles. The van der Waals surface area contributed by atoms with Gasteiger partial charge in [0.25, 0.3) is 0 Å². The fourth-order valence-corrected chi connectivity index (χ4v) is 4.38. The molecule has 2 fully saturated rings. The van der Waals surface area contributed by atoms with E-state index in [2.05, 4.69) is 31.6 Å². The predicted molar refractivity (Wildman–Crippen MR) is 113 cm³/mol. The van der Waals surface area contributed by atoms with E-state index >= 15 is 0 Å². The number of nitrogens with zero attached hydrogens (tertiary/aromatic N) is 3. The van der Waals surface area contributed by atoms with Crippen LogP contribution in [0.3, 0.4) is 0 Å². The predicted octanol–water partition coefficient (Wildman–Crippen LogP) is 2.16. The van der Waals surface area contributed by atoms with E-state index in [9.17, 15) is 0 Å². The summed E-state index contributed by atoms with van der Waals surface area (Å²) in [5.74, 6) is 0.911. The zero-order valence-corrected chi connectivity index (χ0v) is 16.5. The lowest BCUT2D eigenvalue weighted by Crippen LogP contribution is -2.46. The first-order valence-electron chi connectivity index (χ1n) is 10.2. The number of benzene rings is 1. The van der Waals surface area contributed by atoms with Crippen molar-refractivity contribution in [3.8, 4) is 0 Å². The number of nitrogens with two attached hydrogens (primary N) is 1. The van der Waals surface area contributed by atoms with E-state index in [0.717, 1.165) is 67.1 Å². The lowest BCUT2D eigenvalue weighted by Gasteiger charge is -2.39. The normalized spacial score (nSPS) is 24.2. The van der Waals surface area contributed by atoms with Crippen molar-refractivity contribution in [2.75, 3.05) is 38.7 Å². The van der Waals surface area contributed by atoms with Gasteiger partial charge in [-0.25, -0.2) is 9.97 Å². The molecule has 2 aromatic rings. The number of fused-ring (bicyclic) bond motifs is 1. The molecule has 0 amide bonds. The van der Waals surface area contributed by atoms with Crippen LogP contribution in [-0.4, -0.2) is 60.3 Å². The van der Waals surface area contributed by atoms with Crippen LogP contribution in [0.15, 0.2) is 30.7 Å². The first-order chi connectivity index (χ1) is 13.8. The summed E-state index contributed by atoms with van der Waals surface area (Å²) >= 11 is 0. The summed E-state index contributed by atoms with van der Waals surface area (Å²) in [6, 6.07) is 7.30. The smallest absolute Gasteiger partial charge is 0.137 e. The van der Waals surface area contributed by atoms with E-state index in [1.165, 1.54) is 12.8 Å². The monoisotopic (exact) mass is 382 g/mol. The lowest BCUT2D eigenvalue weighted by molar-refractivity contribution is 0.00791. The van der Waals surface area contributed by atoms with Crippen molar-refractivity contribution in [1.29, 1.82) is 0 Å². The van der Waals surface area contributed by atoms with Crippen molar-refractivity contribution < 1.29 is 4.74 Å². The van der Waals surface area contributed by atoms with Crippen molar-refractivity contribution >= 4 is 22.4 Å². The summed E-state index contributed by atoms with van der Waals surface area (Å²) in [5, 5.41) is 7.85. The highest BCUT2D eigenvalue weighted by Gasteiger charge is 2.27. The Balaban J connectivity index is 1.46. The van der Waals surface area contributed by atoms with E-state index in [1.54, 1.807) is 12.5 Å². The maximum atomic E-state index is 5.74. The Bertz CT molecular complexity index is 825. The molecule has 1 aliphatic carbocycles. The molecule has 2 aliphatic rings. The van der Waals surface area contributed by atoms with Crippen LogP contribution in [0.25, 0.3) is 16.6 Å². The third-order valence-corrected chi connectivity index (χ3v) is 5.98. The Labute approximate surface area is 166 Å². The second-order valence-corrected chi connectivity index (χ2v) is 7.58. The molecule has 1 aromatic heterocycles. The number of nitrogens with one attached hydrogen (secondary N) is 2. The molecule has 4 N–H and O–H groups in total. The van der Waals surface area contributed by atoms with Crippen molar-refractivity contribution in [2.24, 2.45) is 5.73 Å². The van der Waals surface area contributed by atoms with Crippen LogP contribution in [-0.2, 0) is 4.74 Å². The molecule has 1 saturated heterocycles. The molecule has 1 aromatic carbocycles. The van der Waals surface area contributed by atoms with Crippen LogP contribution < -0.4 is 16.4 Å². The van der Waals surface area contributed by atoms with Crippen molar-refractivity contribution in [3.63, 3.8) is 0 Å². The second kappa shape index (κ2) is 8.75. The molecule has 0 atom stereocenters. The molecule has 0 bridgehead atoms. The second-order valence-electron chi connectivity index (χ2n) is 7.58. The molecule has 4 rings (SSSR count). The average molecular weight is 383 g/mol. The maximum absolute atomic E-state index is 5.74. The molecule has 7 heteroatoms. The van der Waals surface area contributed by atoms with Crippen LogP contribution in [0.1, 0.15) is 31.2 Å². The van der Waals surface area contributed by atoms with Gasteiger partial charge in [-0.3, -0.25) is 4.90 Å². The molecule has 0 unspecified atom stereocenters. The number of aromatic nitrogens is 2. The van der Waals surface area contributed by atoms with Gasteiger partial charge in [0.1, 0.15) is 12.1 Å². The third-order valence-electron chi connectivity index (χ3n) is 5.98. The van der Waals surface area contributed by atoms with Gasteiger partial charge >= 0.3 is 0 Å². The highest BCUT2D eigenvalue weighted by atomic mass is 16.5. The van der Waals surface area contributed by atoms with E-state index < -0.39 is 0 Å². The van der Waals surface area contributed by atoms with Crippen LogP contribution in [0.2, 0.25) is 0 Å². The number of ether oxygens (including phenoxy) is 1. The molecular weight excluding hydrogens is 352 g/mol. The molecule has 150 valence electrons. The van der Waals surface area contributed by atoms with Gasteiger partial charge in [0.05, 0.1) is 24.4 Å². The summed E-state index contributed by atoms with van der Waals surface area (Å²) in [7, 11) is 1.87. The Morgan fingerprint density at radius 2 is 1.96 bits per heavy atom. The fraction of sp³-hybridized carbons (Fsp3) is 0.524. The number of rotatable bonds is 5. The van der Waals surface area contributed by atoms with Gasteiger partial charge in [-0.15, -0.1) is 0 Å². The van der Waals surface area contributed by atoms with Gasteiger partial charge in [-0.2, -0.15) is 0 Å². The molecule has 0 radical (unpaired) electrons. The van der Waals surface area contributed by atoms with Crippen LogP contribution in [0.4, 0.5) is 5.82 Å². The van der Waals surface area contributed by atoms with Crippen LogP contribution >= 0.6 is 0 Å². The Morgan fingerprint density at radius 3 is 2.68 bits per heavy atom. The summed E-state index contributed by atoms with van der Waals surface area (Å²) in [6.07, 6.45) is 8.01. The van der Waals surface area contributed by atoms with Gasteiger partial charge in [0, 0.05) is 43.8 Å². The Kier molecular flexibility index (Phi) is 5.92. The summed E-state index contributed by atoms with van der Waals surface area (Å²) in [6.45, 7) is 3.90. The van der Waals surface area contributed by atoms with Gasteiger partial charge in [0.2, 0.25) is 0 Å². The quantitative estimate of drug-likeness (QED) is 0.730. The fourth-order valence-electron chi connectivity index (χ4n) is 4.38. The molecular formula is C21H30N6O. The molecule has 2 heterocycles. The largest absolute Gasteiger partial charge is 0.403 e. The minimum atomic E-state index is 0.452. The standard InChI is InChI=1S/C21H30N6O/c1-23-20(13-22)15-2-7-19-18(12-15)21(25-14-24-19)26-16-3-5-17(6-4-16)27-8-10-28-11-9-27/h2,7,12-14,16-17,23H,3-6,8-11,22H2,1H3,(H,24,25,26)/b20-13-. The number of hydrogen-bond donors (Lipinski definition) is 3. The van der Waals surface area contributed by atoms with Crippen molar-refractivity contribution in [3.05, 3.63) is 36.3 Å².